The normalized spacial score (nSPS) is 11.6. The Morgan fingerprint density at radius 1 is 1.35 bits per heavy atom. The van der Waals surface area contributed by atoms with Crippen molar-refractivity contribution >= 4 is 17.9 Å². The summed E-state index contributed by atoms with van der Waals surface area (Å²) in [5.41, 5.74) is 15.7. The molecule has 0 rings (SSSR count). The van der Waals surface area contributed by atoms with E-state index in [2.05, 4.69) is 9.73 Å². The molecule has 8 nitrogen and oxygen atoms in total. The van der Waals surface area contributed by atoms with Crippen LogP contribution in [0.25, 0.3) is 0 Å². The van der Waals surface area contributed by atoms with Gasteiger partial charge in [-0.05, 0) is 12.8 Å². The molecule has 7 N–H and O–H groups in total. The molecule has 0 aromatic rings. The molecule has 17 heavy (non-hydrogen) atoms. The second-order valence-corrected chi connectivity index (χ2v) is 3.37. The maximum atomic E-state index is 11.2. The lowest BCUT2D eigenvalue weighted by Crippen LogP contribution is -2.33. The van der Waals surface area contributed by atoms with Gasteiger partial charge in [-0.2, -0.15) is 0 Å². The molecule has 1 atom stereocenters. The first-order chi connectivity index (χ1) is 7.93. The molecule has 98 valence electrons. The minimum atomic E-state index is -1.03. The lowest BCUT2D eigenvalue weighted by Gasteiger charge is -2.09. The molecular weight excluding hydrogens is 228 g/mol. The molecule has 0 amide bonds. The minimum absolute atomic E-state index is 0.0115. The number of hydrogen-bond donors (Lipinski definition) is 4. The maximum Gasteiger partial charge on any atom is 0.322 e. The van der Waals surface area contributed by atoms with Crippen molar-refractivity contribution in [2.75, 3.05) is 13.2 Å². The van der Waals surface area contributed by atoms with Crippen LogP contribution in [0.15, 0.2) is 4.99 Å². The highest BCUT2D eigenvalue weighted by Crippen LogP contribution is 1.98. The van der Waals surface area contributed by atoms with Crippen LogP contribution in [-0.4, -0.2) is 42.2 Å². The predicted molar refractivity (Wildman–Crippen MR) is 61.1 cm³/mol. The fourth-order valence-electron chi connectivity index (χ4n) is 0.983. The predicted octanol–water partition coefficient (Wildman–Crippen LogP) is -1.61. The average molecular weight is 246 g/mol. The standard InChI is InChI=1S/C9H18N4O4/c10-6(2-1-4-13-9(11)12)8(16)17-5-3-7(14)15/h6H,1-5,10H2,(H,14,15)(H4,11,12,13)/t6-/m0/s1. The third-order valence-electron chi connectivity index (χ3n) is 1.83. The molecule has 0 aromatic heterocycles. The Labute approximate surface area is 98.8 Å². The van der Waals surface area contributed by atoms with Crippen molar-refractivity contribution in [1.82, 2.24) is 0 Å². The van der Waals surface area contributed by atoms with E-state index in [1.54, 1.807) is 0 Å². The van der Waals surface area contributed by atoms with Crippen molar-refractivity contribution in [2.45, 2.75) is 25.3 Å². The first-order valence-corrected chi connectivity index (χ1v) is 5.13. The second-order valence-electron chi connectivity index (χ2n) is 3.37. The van der Waals surface area contributed by atoms with Crippen molar-refractivity contribution < 1.29 is 19.4 Å². The topological polar surface area (TPSA) is 154 Å². The van der Waals surface area contributed by atoms with Crippen LogP contribution in [0, 0.1) is 0 Å². The summed E-state index contributed by atoms with van der Waals surface area (Å²) in [5.74, 6) is -1.65. The van der Waals surface area contributed by atoms with Crippen LogP contribution in [0.5, 0.6) is 0 Å². The molecule has 0 spiro atoms. The van der Waals surface area contributed by atoms with Crippen LogP contribution in [0.2, 0.25) is 0 Å². The van der Waals surface area contributed by atoms with E-state index >= 15 is 0 Å². The summed E-state index contributed by atoms with van der Waals surface area (Å²) in [6, 6.07) is -0.780. The summed E-state index contributed by atoms with van der Waals surface area (Å²) >= 11 is 0. The summed E-state index contributed by atoms with van der Waals surface area (Å²) in [4.78, 5) is 25.1. The summed E-state index contributed by atoms with van der Waals surface area (Å²) in [5, 5.41) is 8.33. The van der Waals surface area contributed by atoms with Gasteiger partial charge in [0.15, 0.2) is 5.96 Å². The quantitative estimate of drug-likeness (QED) is 0.174. The Morgan fingerprint density at radius 2 is 2.00 bits per heavy atom. The van der Waals surface area contributed by atoms with Crippen LogP contribution in [0.4, 0.5) is 0 Å². The van der Waals surface area contributed by atoms with Crippen molar-refractivity contribution in [3.05, 3.63) is 0 Å². The molecule has 0 aliphatic carbocycles. The smallest absolute Gasteiger partial charge is 0.322 e. The number of rotatable bonds is 8. The largest absolute Gasteiger partial charge is 0.481 e. The van der Waals surface area contributed by atoms with Crippen LogP contribution >= 0.6 is 0 Å². The lowest BCUT2D eigenvalue weighted by atomic mass is 10.2. The average Bonchev–Trinajstić information content (AvgIpc) is 2.23. The van der Waals surface area contributed by atoms with E-state index in [1.165, 1.54) is 0 Å². The Bertz CT molecular complexity index is 289. The van der Waals surface area contributed by atoms with Crippen LogP contribution in [0.3, 0.4) is 0 Å². The van der Waals surface area contributed by atoms with Gasteiger partial charge in [-0.3, -0.25) is 14.6 Å². The van der Waals surface area contributed by atoms with Gasteiger partial charge in [0.05, 0.1) is 6.42 Å². The molecular formula is C9H18N4O4. The number of nitrogens with two attached hydrogens (primary N) is 3. The van der Waals surface area contributed by atoms with Crippen LogP contribution in [0.1, 0.15) is 19.3 Å². The highest BCUT2D eigenvalue weighted by Gasteiger charge is 2.14. The number of carbonyl (C=O) groups excluding carboxylic acids is 1. The molecule has 0 heterocycles. The summed E-state index contributed by atoms with van der Waals surface area (Å²) in [6.45, 7) is 0.216. The fraction of sp³-hybridized carbons (Fsp3) is 0.667. The third kappa shape index (κ3) is 9.12. The number of aliphatic carboxylic acids is 1. The van der Waals surface area contributed by atoms with Gasteiger partial charge >= 0.3 is 11.9 Å². The van der Waals surface area contributed by atoms with E-state index in [1.807, 2.05) is 0 Å². The number of aliphatic imine (C=N–C) groups is 1. The maximum absolute atomic E-state index is 11.2. The third-order valence-corrected chi connectivity index (χ3v) is 1.83. The molecule has 0 aromatic carbocycles. The molecule has 8 heteroatoms. The monoisotopic (exact) mass is 246 g/mol. The molecule has 0 saturated carbocycles. The zero-order valence-corrected chi connectivity index (χ0v) is 9.46. The lowest BCUT2D eigenvalue weighted by molar-refractivity contribution is -0.147. The van der Waals surface area contributed by atoms with Crippen molar-refractivity contribution in [3.8, 4) is 0 Å². The Morgan fingerprint density at radius 3 is 2.53 bits per heavy atom. The van der Waals surface area contributed by atoms with Crippen LogP contribution < -0.4 is 17.2 Å². The second kappa shape index (κ2) is 8.34. The Balaban J connectivity index is 3.67. The Kier molecular flexibility index (Phi) is 7.44. The van der Waals surface area contributed by atoms with Crippen molar-refractivity contribution in [2.24, 2.45) is 22.2 Å². The van der Waals surface area contributed by atoms with Crippen molar-refractivity contribution in [1.29, 1.82) is 0 Å². The first-order valence-electron chi connectivity index (χ1n) is 5.13. The van der Waals surface area contributed by atoms with Gasteiger partial charge in [-0.1, -0.05) is 0 Å². The van der Waals surface area contributed by atoms with E-state index < -0.39 is 18.0 Å². The number of esters is 1. The number of carbonyl (C=O) groups is 2. The number of hydrogen-bond acceptors (Lipinski definition) is 5. The minimum Gasteiger partial charge on any atom is -0.481 e. The van der Waals surface area contributed by atoms with Gasteiger partial charge in [0.25, 0.3) is 0 Å². The van der Waals surface area contributed by atoms with Gasteiger partial charge in [0.2, 0.25) is 0 Å². The summed E-state index contributed by atoms with van der Waals surface area (Å²) in [7, 11) is 0. The highest BCUT2D eigenvalue weighted by molar-refractivity contribution is 5.76. The zero-order valence-electron chi connectivity index (χ0n) is 9.46. The van der Waals surface area contributed by atoms with Gasteiger partial charge in [0, 0.05) is 6.54 Å². The van der Waals surface area contributed by atoms with E-state index in [-0.39, 0.29) is 19.0 Å². The molecule has 0 radical (unpaired) electrons. The molecule has 0 unspecified atom stereocenters. The van der Waals surface area contributed by atoms with Crippen molar-refractivity contribution in [3.63, 3.8) is 0 Å². The Hall–Kier alpha value is -1.83. The van der Waals surface area contributed by atoms with E-state index in [4.69, 9.17) is 22.3 Å². The number of carboxylic acid groups (broad SMARTS) is 1. The highest BCUT2D eigenvalue weighted by atomic mass is 16.5. The number of guanidine groups is 1. The van der Waals surface area contributed by atoms with E-state index in [0.29, 0.717) is 19.4 Å². The van der Waals surface area contributed by atoms with Gasteiger partial charge in [0.1, 0.15) is 12.6 Å². The van der Waals surface area contributed by atoms with E-state index in [9.17, 15) is 9.59 Å². The first kappa shape index (κ1) is 15.2. The molecule has 0 fully saturated rings. The van der Waals surface area contributed by atoms with Gasteiger partial charge in [-0.25, -0.2) is 0 Å². The van der Waals surface area contributed by atoms with E-state index in [0.717, 1.165) is 0 Å². The van der Waals surface area contributed by atoms with Crippen LogP contribution in [-0.2, 0) is 14.3 Å². The number of carboxylic acids is 1. The van der Waals surface area contributed by atoms with Gasteiger partial charge in [-0.15, -0.1) is 0 Å². The summed E-state index contributed by atoms with van der Waals surface area (Å²) < 4.78 is 4.66. The number of nitrogens with zero attached hydrogens (tertiary/aromatic N) is 1. The number of ether oxygens (including phenoxy) is 1. The zero-order chi connectivity index (χ0) is 13.3. The molecule has 0 aliphatic heterocycles. The molecule has 0 saturated heterocycles. The van der Waals surface area contributed by atoms with Gasteiger partial charge < -0.3 is 27.0 Å². The molecule has 0 aliphatic rings. The fourth-order valence-corrected chi connectivity index (χ4v) is 0.983. The molecule has 0 bridgehead atoms. The SMILES string of the molecule is NC(N)=NCCC[C@H](N)C(=O)OCCC(=O)O. The summed E-state index contributed by atoms with van der Waals surface area (Å²) in [6.07, 6.45) is 0.697.